The molecule has 1 heterocycles. The van der Waals surface area contributed by atoms with Crippen molar-refractivity contribution in [2.24, 2.45) is 5.10 Å². The number of hydrogen-bond acceptors (Lipinski definition) is 3. The van der Waals surface area contributed by atoms with E-state index in [9.17, 15) is 0 Å². The van der Waals surface area contributed by atoms with Gasteiger partial charge in [0.15, 0.2) is 0 Å². The molecule has 0 saturated carbocycles. The van der Waals surface area contributed by atoms with Gasteiger partial charge in [0.05, 0.1) is 19.7 Å². The van der Waals surface area contributed by atoms with Crippen molar-refractivity contribution < 1.29 is 4.74 Å². The van der Waals surface area contributed by atoms with Gasteiger partial charge in [-0.05, 0) is 12.5 Å². The van der Waals surface area contributed by atoms with E-state index in [1.54, 1.807) is 7.11 Å². The molecule has 0 amide bonds. The molecule has 3 heteroatoms. The van der Waals surface area contributed by atoms with Crippen LogP contribution in [0.1, 0.15) is 6.92 Å². The van der Waals surface area contributed by atoms with Crippen LogP contribution < -0.4 is 0 Å². The standard InChI is InChI=1S/C8H14N2O/c1-8-3-4-10(9-7-8)5-6-11-2/h3,7H,4-6H2,1-2H3. The highest BCUT2D eigenvalue weighted by atomic mass is 16.5. The molecule has 0 N–H and O–H groups in total. The van der Waals surface area contributed by atoms with Gasteiger partial charge >= 0.3 is 0 Å². The van der Waals surface area contributed by atoms with Crippen LogP contribution in [-0.4, -0.2) is 38.0 Å². The Morgan fingerprint density at radius 3 is 3.09 bits per heavy atom. The van der Waals surface area contributed by atoms with Crippen LogP contribution in [0, 0.1) is 0 Å². The maximum absolute atomic E-state index is 4.94. The zero-order valence-corrected chi connectivity index (χ0v) is 7.08. The monoisotopic (exact) mass is 154 g/mol. The first-order chi connectivity index (χ1) is 5.33. The smallest absolute Gasteiger partial charge is 0.0654 e. The maximum Gasteiger partial charge on any atom is 0.0654 e. The fourth-order valence-electron chi connectivity index (χ4n) is 0.868. The first-order valence-corrected chi connectivity index (χ1v) is 3.77. The van der Waals surface area contributed by atoms with Crippen molar-refractivity contribution in [2.45, 2.75) is 6.92 Å². The van der Waals surface area contributed by atoms with Crippen LogP contribution >= 0.6 is 0 Å². The molecule has 0 aromatic rings. The lowest BCUT2D eigenvalue weighted by atomic mass is 10.3. The molecule has 0 unspecified atom stereocenters. The maximum atomic E-state index is 4.94. The summed E-state index contributed by atoms with van der Waals surface area (Å²) in [6, 6.07) is 0. The fraction of sp³-hybridized carbons (Fsp3) is 0.625. The number of rotatable bonds is 3. The second kappa shape index (κ2) is 4.13. The molecule has 3 nitrogen and oxygen atoms in total. The second-order valence-corrected chi connectivity index (χ2v) is 2.60. The molecule has 11 heavy (non-hydrogen) atoms. The molecule has 0 aromatic carbocycles. The Balaban J connectivity index is 2.25. The summed E-state index contributed by atoms with van der Waals surface area (Å²) in [5.41, 5.74) is 1.23. The predicted octanol–water partition coefficient (Wildman–Crippen LogP) is 0.881. The van der Waals surface area contributed by atoms with Crippen LogP contribution in [0.25, 0.3) is 0 Å². The number of ether oxygens (including phenoxy) is 1. The lowest BCUT2D eigenvalue weighted by Gasteiger charge is -2.19. The minimum atomic E-state index is 0.740. The van der Waals surface area contributed by atoms with Gasteiger partial charge in [-0.25, -0.2) is 0 Å². The van der Waals surface area contributed by atoms with Crippen LogP contribution in [-0.2, 0) is 4.74 Å². The SMILES string of the molecule is COCCN1CC=C(C)C=N1. The average molecular weight is 154 g/mol. The summed E-state index contributed by atoms with van der Waals surface area (Å²) in [5.74, 6) is 0. The molecule has 0 bridgehead atoms. The highest BCUT2D eigenvalue weighted by Gasteiger charge is 2.01. The number of methoxy groups -OCH3 is 1. The Hall–Kier alpha value is -0.830. The van der Waals surface area contributed by atoms with Crippen LogP contribution in [0.15, 0.2) is 16.8 Å². The van der Waals surface area contributed by atoms with Crippen LogP contribution in [0.3, 0.4) is 0 Å². The van der Waals surface area contributed by atoms with E-state index < -0.39 is 0 Å². The molecule has 1 rings (SSSR count). The Bertz CT molecular complexity index is 175. The minimum absolute atomic E-state index is 0.740. The predicted molar refractivity (Wildman–Crippen MR) is 45.7 cm³/mol. The van der Waals surface area contributed by atoms with Gasteiger partial charge in [-0.15, -0.1) is 0 Å². The van der Waals surface area contributed by atoms with Crippen molar-refractivity contribution >= 4 is 6.21 Å². The van der Waals surface area contributed by atoms with E-state index in [1.165, 1.54) is 5.57 Å². The summed E-state index contributed by atoms with van der Waals surface area (Å²) in [7, 11) is 1.70. The lowest BCUT2D eigenvalue weighted by molar-refractivity contribution is 0.156. The van der Waals surface area contributed by atoms with Crippen molar-refractivity contribution in [3.8, 4) is 0 Å². The molecule has 0 aliphatic carbocycles. The van der Waals surface area contributed by atoms with Gasteiger partial charge < -0.3 is 4.74 Å². The van der Waals surface area contributed by atoms with E-state index >= 15 is 0 Å². The zero-order chi connectivity index (χ0) is 8.10. The molecule has 0 spiro atoms. The molecular weight excluding hydrogens is 140 g/mol. The summed E-state index contributed by atoms with van der Waals surface area (Å²) in [4.78, 5) is 0. The number of nitrogens with zero attached hydrogens (tertiary/aromatic N) is 2. The summed E-state index contributed by atoms with van der Waals surface area (Å²) in [6.45, 7) is 4.57. The van der Waals surface area contributed by atoms with Gasteiger partial charge in [0.2, 0.25) is 0 Å². The highest BCUT2D eigenvalue weighted by Crippen LogP contribution is 2.00. The second-order valence-electron chi connectivity index (χ2n) is 2.60. The Morgan fingerprint density at radius 2 is 2.55 bits per heavy atom. The molecule has 0 atom stereocenters. The summed E-state index contributed by atoms with van der Waals surface area (Å²) in [5, 5.41) is 6.19. The van der Waals surface area contributed by atoms with Gasteiger partial charge in [-0.2, -0.15) is 5.10 Å². The summed E-state index contributed by atoms with van der Waals surface area (Å²) < 4.78 is 4.94. The van der Waals surface area contributed by atoms with Gasteiger partial charge in [0.25, 0.3) is 0 Å². The molecule has 0 radical (unpaired) electrons. The molecule has 0 fully saturated rings. The number of allylic oxidation sites excluding steroid dienone is 1. The third kappa shape index (κ3) is 2.72. The number of hydrazone groups is 1. The third-order valence-corrected chi connectivity index (χ3v) is 1.60. The Morgan fingerprint density at radius 1 is 1.73 bits per heavy atom. The molecular formula is C8H14N2O. The average Bonchev–Trinajstić information content (AvgIpc) is 2.04. The van der Waals surface area contributed by atoms with Crippen molar-refractivity contribution in [2.75, 3.05) is 26.8 Å². The van der Waals surface area contributed by atoms with Crippen molar-refractivity contribution in [1.29, 1.82) is 0 Å². The highest BCUT2D eigenvalue weighted by molar-refractivity contribution is 5.78. The van der Waals surface area contributed by atoms with Crippen LogP contribution in [0.5, 0.6) is 0 Å². The van der Waals surface area contributed by atoms with Crippen molar-refractivity contribution in [3.63, 3.8) is 0 Å². The van der Waals surface area contributed by atoms with E-state index in [-0.39, 0.29) is 0 Å². The lowest BCUT2D eigenvalue weighted by Crippen LogP contribution is -2.24. The molecule has 0 saturated heterocycles. The molecule has 1 aliphatic heterocycles. The van der Waals surface area contributed by atoms with Gasteiger partial charge in [-0.3, -0.25) is 5.01 Å². The summed E-state index contributed by atoms with van der Waals surface area (Å²) >= 11 is 0. The molecule has 0 aromatic heterocycles. The van der Waals surface area contributed by atoms with Crippen molar-refractivity contribution in [1.82, 2.24) is 5.01 Å². The van der Waals surface area contributed by atoms with Crippen molar-refractivity contribution in [3.05, 3.63) is 11.6 Å². The van der Waals surface area contributed by atoms with E-state index in [2.05, 4.69) is 18.1 Å². The first-order valence-electron chi connectivity index (χ1n) is 3.77. The quantitative estimate of drug-likeness (QED) is 0.603. The fourth-order valence-corrected chi connectivity index (χ4v) is 0.868. The summed E-state index contributed by atoms with van der Waals surface area (Å²) in [6.07, 6.45) is 4.03. The normalized spacial score (nSPS) is 16.9. The van der Waals surface area contributed by atoms with Gasteiger partial charge in [0, 0.05) is 13.3 Å². The van der Waals surface area contributed by atoms with Gasteiger partial charge in [-0.1, -0.05) is 6.08 Å². The van der Waals surface area contributed by atoms with E-state index in [1.807, 2.05) is 11.2 Å². The Kier molecular flexibility index (Phi) is 3.11. The van der Waals surface area contributed by atoms with Gasteiger partial charge in [0.1, 0.15) is 0 Å². The molecule has 62 valence electrons. The third-order valence-electron chi connectivity index (χ3n) is 1.60. The van der Waals surface area contributed by atoms with Crippen LogP contribution in [0.2, 0.25) is 0 Å². The number of hydrogen-bond donors (Lipinski definition) is 0. The minimum Gasteiger partial charge on any atom is -0.383 e. The zero-order valence-electron chi connectivity index (χ0n) is 7.08. The van der Waals surface area contributed by atoms with E-state index in [4.69, 9.17) is 4.74 Å². The van der Waals surface area contributed by atoms with E-state index in [0.717, 1.165) is 19.7 Å². The van der Waals surface area contributed by atoms with E-state index in [0.29, 0.717) is 0 Å². The first kappa shape index (κ1) is 8.27. The largest absolute Gasteiger partial charge is 0.383 e. The van der Waals surface area contributed by atoms with Crippen LogP contribution in [0.4, 0.5) is 0 Å². The topological polar surface area (TPSA) is 24.8 Å². The Labute approximate surface area is 67.3 Å². The molecule has 1 aliphatic rings.